The number of halogens is 1. The van der Waals surface area contributed by atoms with Crippen LogP contribution in [-0.2, 0) is 14.8 Å². The van der Waals surface area contributed by atoms with E-state index in [0.29, 0.717) is 13.1 Å². The van der Waals surface area contributed by atoms with Crippen LogP contribution in [0.2, 0.25) is 0 Å². The van der Waals surface area contributed by atoms with Gasteiger partial charge < -0.3 is 9.47 Å². The number of sulfonamides is 1. The third-order valence-electron chi connectivity index (χ3n) is 5.09. The highest BCUT2D eigenvalue weighted by atomic mass is 32.2. The Balaban J connectivity index is 1.80. The normalized spacial score (nSPS) is 15.2. The van der Waals surface area contributed by atoms with Gasteiger partial charge in [0.2, 0.25) is 15.8 Å². The van der Waals surface area contributed by atoms with Gasteiger partial charge in [-0.3, -0.25) is 4.79 Å². The van der Waals surface area contributed by atoms with E-state index < -0.39 is 34.2 Å². The lowest BCUT2D eigenvalue weighted by Crippen LogP contribution is -2.32. The molecule has 1 aliphatic heterocycles. The number of carbonyl (C=O) groups excluding carboxylic acids is 2. The molecular weight excluding hydrogens is 425 g/mol. The number of rotatable bonds is 7. The smallest absolute Gasteiger partial charge is 0.338 e. The number of Topliss-reactive ketones (excluding diaryl/α,β-unsaturated/α-hetero) is 1. The van der Waals surface area contributed by atoms with Gasteiger partial charge in [0.15, 0.2) is 6.61 Å². The van der Waals surface area contributed by atoms with Crippen molar-refractivity contribution in [1.82, 2.24) is 4.31 Å². The van der Waals surface area contributed by atoms with E-state index in [-0.39, 0.29) is 21.8 Å². The number of carbonyl (C=O) groups is 2. The maximum absolute atomic E-state index is 13.7. The zero-order chi connectivity index (χ0) is 22.4. The quantitative estimate of drug-likeness (QED) is 0.475. The van der Waals surface area contributed by atoms with Crippen LogP contribution >= 0.6 is 0 Å². The maximum Gasteiger partial charge on any atom is 0.338 e. The molecular formula is C22H24FNO6S. The number of hydrogen-bond acceptors (Lipinski definition) is 6. The molecule has 2 aromatic rings. The molecule has 3 rings (SSSR count). The Kier molecular flexibility index (Phi) is 7.40. The number of hydrogen-bond donors (Lipinski definition) is 0. The average molecular weight is 450 g/mol. The van der Waals surface area contributed by atoms with Gasteiger partial charge in [-0.15, -0.1) is 0 Å². The van der Waals surface area contributed by atoms with Crippen molar-refractivity contribution in [3.63, 3.8) is 0 Å². The zero-order valence-corrected chi connectivity index (χ0v) is 18.0. The molecule has 166 valence electrons. The second-order valence-electron chi connectivity index (χ2n) is 7.16. The summed E-state index contributed by atoms with van der Waals surface area (Å²) >= 11 is 0. The highest BCUT2D eigenvalue weighted by Gasteiger charge is 2.29. The molecule has 0 atom stereocenters. The lowest BCUT2D eigenvalue weighted by Gasteiger charge is -2.21. The fraction of sp³-hybridized carbons (Fsp3) is 0.364. The molecule has 1 heterocycles. The Morgan fingerprint density at radius 3 is 2.35 bits per heavy atom. The monoisotopic (exact) mass is 449 g/mol. The van der Waals surface area contributed by atoms with Crippen LogP contribution in [0.1, 0.15) is 46.4 Å². The first kappa shape index (κ1) is 22.9. The highest BCUT2D eigenvalue weighted by Crippen LogP contribution is 2.29. The number of ether oxygens (including phenoxy) is 2. The van der Waals surface area contributed by atoms with Crippen LogP contribution in [0.25, 0.3) is 0 Å². The summed E-state index contributed by atoms with van der Waals surface area (Å²) in [6.07, 6.45) is 3.46. The van der Waals surface area contributed by atoms with E-state index in [9.17, 15) is 22.4 Å². The molecule has 0 aromatic heterocycles. The van der Waals surface area contributed by atoms with E-state index in [2.05, 4.69) is 0 Å². The highest BCUT2D eigenvalue weighted by molar-refractivity contribution is 7.89. The summed E-state index contributed by atoms with van der Waals surface area (Å²) in [5.41, 5.74) is -0.231. The lowest BCUT2D eigenvalue weighted by molar-refractivity contribution is 0.0473. The standard InChI is InChI=1S/C22H24FNO6S/c1-29-20-11-10-16(14-21(20)31(27,28)24-12-6-2-3-7-13-24)22(26)30-15-19(25)17-8-4-5-9-18(17)23/h4-5,8-11,14H,2-3,6-7,12-13,15H2,1H3. The van der Waals surface area contributed by atoms with Crippen LogP contribution in [0.15, 0.2) is 47.4 Å². The summed E-state index contributed by atoms with van der Waals surface area (Å²) in [6, 6.07) is 9.30. The third kappa shape index (κ3) is 5.29. The van der Waals surface area contributed by atoms with Gasteiger partial charge in [-0.2, -0.15) is 4.31 Å². The minimum atomic E-state index is -3.88. The average Bonchev–Trinajstić information content (AvgIpc) is 3.07. The van der Waals surface area contributed by atoms with Crippen LogP contribution in [0.3, 0.4) is 0 Å². The van der Waals surface area contributed by atoms with E-state index in [0.717, 1.165) is 31.7 Å². The molecule has 9 heteroatoms. The number of nitrogens with zero attached hydrogens (tertiary/aromatic N) is 1. The number of esters is 1. The van der Waals surface area contributed by atoms with E-state index in [1.54, 1.807) is 0 Å². The summed E-state index contributed by atoms with van der Waals surface area (Å²) in [4.78, 5) is 24.5. The van der Waals surface area contributed by atoms with Crippen molar-refractivity contribution in [1.29, 1.82) is 0 Å². The molecule has 0 saturated carbocycles. The van der Waals surface area contributed by atoms with E-state index in [1.165, 1.54) is 47.8 Å². The Labute approximate surface area is 180 Å². The third-order valence-corrected chi connectivity index (χ3v) is 7.01. The fourth-order valence-corrected chi connectivity index (χ4v) is 5.10. The number of ketones is 1. The zero-order valence-electron chi connectivity index (χ0n) is 17.2. The van der Waals surface area contributed by atoms with Gasteiger partial charge in [-0.25, -0.2) is 17.6 Å². The molecule has 2 aromatic carbocycles. The van der Waals surface area contributed by atoms with Crippen LogP contribution in [0, 0.1) is 5.82 Å². The molecule has 0 N–H and O–H groups in total. The van der Waals surface area contributed by atoms with Gasteiger partial charge >= 0.3 is 5.97 Å². The van der Waals surface area contributed by atoms with Gasteiger partial charge in [0, 0.05) is 13.1 Å². The largest absolute Gasteiger partial charge is 0.495 e. The number of methoxy groups -OCH3 is 1. The van der Waals surface area contributed by atoms with Crippen LogP contribution in [0.5, 0.6) is 5.75 Å². The molecule has 0 bridgehead atoms. The molecule has 0 spiro atoms. The Morgan fingerprint density at radius 1 is 1.03 bits per heavy atom. The molecule has 1 aliphatic rings. The molecule has 7 nitrogen and oxygen atoms in total. The van der Waals surface area contributed by atoms with Crippen molar-refractivity contribution in [3.8, 4) is 5.75 Å². The minimum absolute atomic E-state index is 0.0458. The van der Waals surface area contributed by atoms with Gasteiger partial charge in [0.1, 0.15) is 16.5 Å². The molecule has 0 aliphatic carbocycles. The van der Waals surface area contributed by atoms with Crippen molar-refractivity contribution < 1.29 is 31.9 Å². The minimum Gasteiger partial charge on any atom is -0.495 e. The summed E-state index contributed by atoms with van der Waals surface area (Å²) in [5.74, 6) is -2.18. The van der Waals surface area contributed by atoms with Crippen LogP contribution in [-0.4, -0.2) is 51.3 Å². The van der Waals surface area contributed by atoms with Crippen molar-refractivity contribution in [2.45, 2.75) is 30.6 Å². The second-order valence-corrected chi connectivity index (χ2v) is 9.07. The first-order valence-corrected chi connectivity index (χ1v) is 11.4. The van der Waals surface area contributed by atoms with Gasteiger partial charge in [0.05, 0.1) is 18.2 Å². The van der Waals surface area contributed by atoms with E-state index in [1.807, 2.05) is 0 Å². The van der Waals surface area contributed by atoms with Gasteiger partial charge in [0.25, 0.3) is 0 Å². The van der Waals surface area contributed by atoms with E-state index in [4.69, 9.17) is 9.47 Å². The van der Waals surface area contributed by atoms with E-state index >= 15 is 0 Å². The second kappa shape index (κ2) is 10.0. The van der Waals surface area contributed by atoms with Crippen molar-refractivity contribution in [2.75, 3.05) is 26.8 Å². The summed E-state index contributed by atoms with van der Waals surface area (Å²) in [6.45, 7) is 0.134. The van der Waals surface area contributed by atoms with Gasteiger partial charge in [-0.05, 0) is 43.2 Å². The summed E-state index contributed by atoms with van der Waals surface area (Å²) in [7, 11) is -2.53. The molecule has 0 amide bonds. The predicted octanol–water partition coefficient (Wildman–Crippen LogP) is 3.44. The Morgan fingerprint density at radius 2 is 1.71 bits per heavy atom. The van der Waals surface area contributed by atoms with Crippen LogP contribution < -0.4 is 4.74 Å². The first-order chi connectivity index (χ1) is 14.8. The number of benzene rings is 2. The molecule has 0 radical (unpaired) electrons. The van der Waals surface area contributed by atoms with Crippen molar-refractivity contribution in [3.05, 3.63) is 59.4 Å². The molecule has 31 heavy (non-hydrogen) atoms. The first-order valence-electron chi connectivity index (χ1n) is 9.97. The van der Waals surface area contributed by atoms with Crippen molar-refractivity contribution >= 4 is 21.8 Å². The fourth-order valence-electron chi connectivity index (χ4n) is 3.41. The van der Waals surface area contributed by atoms with Crippen molar-refractivity contribution in [2.24, 2.45) is 0 Å². The maximum atomic E-state index is 13.7. The van der Waals surface area contributed by atoms with Gasteiger partial charge in [-0.1, -0.05) is 25.0 Å². The topological polar surface area (TPSA) is 90.0 Å². The summed E-state index contributed by atoms with van der Waals surface area (Å²) in [5, 5.41) is 0. The Bertz CT molecular complexity index is 1060. The molecule has 1 fully saturated rings. The Hall–Kier alpha value is -2.78. The molecule has 0 unspecified atom stereocenters. The SMILES string of the molecule is COc1ccc(C(=O)OCC(=O)c2ccccc2F)cc1S(=O)(=O)N1CCCCCC1. The summed E-state index contributed by atoms with van der Waals surface area (Å²) < 4.78 is 51.7. The predicted molar refractivity (Wildman–Crippen MR) is 111 cm³/mol. The lowest BCUT2D eigenvalue weighted by atomic mass is 10.1. The molecule has 1 saturated heterocycles. The van der Waals surface area contributed by atoms with Crippen LogP contribution in [0.4, 0.5) is 4.39 Å².